The molecule has 0 bridgehead atoms. The van der Waals surface area contributed by atoms with Gasteiger partial charge in [-0.2, -0.15) is 0 Å². The van der Waals surface area contributed by atoms with Crippen LogP contribution in [0.4, 0.5) is 4.39 Å². The number of ether oxygens (including phenoxy) is 1. The standard InChI is InChI=1S/C12H14FNO/c1-3-7-15-12-6-5-11(13)8-10(12)9-14-4-2/h1,5-6,8,14H,4,7,9H2,2H3. The summed E-state index contributed by atoms with van der Waals surface area (Å²) < 4.78 is 18.3. The van der Waals surface area contributed by atoms with E-state index in [1.807, 2.05) is 6.92 Å². The Morgan fingerprint density at radius 2 is 2.33 bits per heavy atom. The van der Waals surface area contributed by atoms with E-state index in [9.17, 15) is 4.39 Å². The molecule has 1 aromatic carbocycles. The van der Waals surface area contributed by atoms with Crippen LogP contribution < -0.4 is 10.1 Å². The summed E-state index contributed by atoms with van der Waals surface area (Å²) >= 11 is 0. The maximum atomic E-state index is 13.0. The smallest absolute Gasteiger partial charge is 0.148 e. The van der Waals surface area contributed by atoms with Crippen LogP contribution in [0.25, 0.3) is 0 Å². The van der Waals surface area contributed by atoms with Crippen LogP contribution in [-0.2, 0) is 6.54 Å². The highest BCUT2D eigenvalue weighted by molar-refractivity contribution is 5.34. The summed E-state index contributed by atoms with van der Waals surface area (Å²) in [5, 5.41) is 3.11. The molecular formula is C12H14FNO. The lowest BCUT2D eigenvalue weighted by molar-refractivity contribution is 0.364. The van der Waals surface area contributed by atoms with Crippen LogP contribution in [0.15, 0.2) is 18.2 Å². The van der Waals surface area contributed by atoms with Gasteiger partial charge in [-0.25, -0.2) is 4.39 Å². The molecule has 0 saturated carbocycles. The van der Waals surface area contributed by atoms with Gasteiger partial charge in [0.05, 0.1) is 0 Å². The second kappa shape index (κ2) is 6.05. The van der Waals surface area contributed by atoms with E-state index in [1.165, 1.54) is 12.1 Å². The van der Waals surface area contributed by atoms with Crippen LogP contribution in [-0.4, -0.2) is 13.2 Å². The van der Waals surface area contributed by atoms with Crippen LogP contribution >= 0.6 is 0 Å². The quantitative estimate of drug-likeness (QED) is 0.745. The first-order valence-corrected chi connectivity index (χ1v) is 4.83. The minimum atomic E-state index is -0.268. The summed E-state index contributed by atoms with van der Waals surface area (Å²) in [4.78, 5) is 0. The molecule has 3 heteroatoms. The fourth-order valence-electron chi connectivity index (χ4n) is 1.21. The topological polar surface area (TPSA) is 21.3 Å². The van der Waals surface area contributed by atoms with Gasteiger partial charge in [0.1, 0.15) is 18.2 Å². The van der Waals surface area contributed by atoms with E-state index in [2.05, 4.69) is 11.2 Å². The monoisotopic (exact) mass is 207 g/mol. The summed E-state index contributed by atoms with van der Waals surface area (Å²) in [5.74, 6) is 2.74. The Kier molecular flexibility index (Phi) is 4.65. The summed E-state index contributed by atoms with van der Waals surface area (Å²) in [6.45, 7) is 3.59. The van der Waals surface area contributed by atoms with Gasteiger partial charge in [-0.05, 0) is 24.7 Å². The van der Waals surface area contributed by atoms with E-state index < -0.39 is 0 Å². The Morgan fingerprint density at radius 3 is 3.00 bits per heavy atom. The van der Waals surface area contributed by atoms with E-state index in [0.29, 0.717) is 12.3 Å². The summed E-state index contributed by atoms with van der Waals surface area (Å²) in [7, 11) is 0. The Balaban J connectivity index is 2.78. The molecular weight excluding hydrogens is 193 g/mol. The minimum absolute atomic E-state index is 0.199. The van der Waals surface area contributed by atoms with Crippen molar-refractivity contribution in [2.75, 3.05) is 13.2 Å². The van der Waals surface area contributed by atoms with Gasteiger partial charge in [0.2, 0.25) is 0 Å². The molecule has 0 aliphatic rings. The summed E-state index contributed by atoms with van der Waals surface area (Å²) in [6.07, 6.45) is 5.09. The van der Waals surface area contributed by atoms with Gasteiger partial charge in [0.15, 0.2) is 0 Å². The van der Waals surface area contributed by atoms with Crippen molar-refractivity contribution < 1.29 is 9.13 Å². The second-order valence-electron chi connectivity index (χ2n) is 3.03. The SMILES string of the molecule is C#CCOc1ccc(F)cc1CNCC. The molecule has 80 valence electrons. The molecule has 0 atom stereocenters. The lowest BCUT2D eigenvalue weighted by atomic mass is 10.2. The molecule has 1 N–H and O–H groups in total. The average Bonchev–Trinajstić information content (AvgIpc) is 2.25. The molecule has 0 fully saturated rings. The van der Waals surface area contributed by atoms with E-state index in [0.717, 1.165) is 12.1 Å². The third-order valence-corrected chi connectivity index (χ3v) is 1.90. The van der Waals surface area contributed by atoms with E-state index in [-0.39, 0.29) is 12.4 Å². The van der Waals surface area contributed by atoms with Gasteiger partial charge < -0.3 is 10.1 Å². The zero-order valence-corrected chi connectivity index (χ0v) is 8.72. The van der Waals surface area contributed by atoms with Crippen molar-refractivity contribution >= 4 is 0 Å². The van der Waals surface area contributed by atoms with Crippen molar-refractivity contribution in [1.82, 2.24) is 5.32 Å². The van der Waals surface area contributed by atoms with E-state index in [4.69, 9.17) is 11.2 Å². The van der Waals surface area contributed by atoms with Crippen LogP contribution in [0.5, 0.6) is 5.75 Å². The Labute approximate surface area is 89.4 Å². The van der Waals surface area contributed by atoms with Gasteiger partial charge >= 0.3 is 0 Å². The van der Waals surface area contributed by atoms with Crippen LogP contribution in [0.1, 0.15) is 12.5 Å². The Morgan fingerprint density at radius 1 is 1.53 bits per heavy atom. The highest BCUT2D eigenvalue weighted by Crippen LogP contribution is 2.19. The molecule has 0 saturated heterocycles. The molecule has 0 spiro atoms. The van der Waals surface area contributed by atoms with E-state index in [1.54, 1.807) is 6.07 Å². The minimum Gasteiger partial charge on any atom is -0.481 e. The molecule has 0 aromatic heterocycles. The fraction of sp³-hybridized carbons (Fsp3) is 0.333. The number of hydrogen-bond acceptors (Lipinski definition) is 2. The molecule has 1 rings (SSSR count). The summed E-state index contributed by atoms with van der Waals surface area (Å²) in [5.41, 5.74) is 0.784. The van der Waals surface area contributed by atoms with Crippen molar-refractivity contribution in [2.24, 2.45) is 0 Å². The first kappa shape index (κ1) is 11.5. The maximum absolute atomic E-state index is 13.0. The normalized spacial score (nSPS) is 9.67. The van der Waals surface area contributed by atoms with Crippen LogP contribution in [0, 0.1) is 18.2 Å². The number of hydrogen-bond donors (Lipinski definition) is 1. The lowest BCUT2D eigenvalue weighted by Crippen LogP contribution is -2.13. The van der Waals surface area contributed by atoms with Gasteiger partial charge in [-0.1, -0.05) is 12.8 Å². The van der Waals surface area contributed by atoms with Gasteiger partial charge in [-0.15, -0.1) is 6.42 Å². The molecule has 2 nitrogen and oxygen atoms in total. The molecule has 0 heterocycles. The average molecular weight is 207 g/mol. The summed E-state index contributed by atoms with van der Waals surface area (Å²) in [6, 6.07) is 4.41. The third-order valence-electron chi connectivity index (χ3n) is 1.90. The highest BCUT2D eigenvalue weighted by atomic mass is 19.1. The van der Waals surface area contributed by atoms with Crippen molar-refractivity contribution in [3.8, 4) is 18.1 Å². The van der Waals surface area contributed by atoms with Gasteiger partial charge in [0.25, 0.3) is 0 Å². The number of benzene rings is 1. The lowest BCUT2D eigenvalue weighted by Gasteiger charge is -2.09. The molecule has 0 amide bonds. The fourth-order valence-corrected chi connectivity index (χ4v) is 1.21. The van der Waals surface area contributed by atoms with E-state index >= 15 is 0 Å². The zero-order chi connectivity index (χ0) is 11.1. The second-order valence-corrected chi connectivity index (χ2v) is 3.03. The van der Waals surface area contributed by atoms with Gasteiger partial charge in [-0.3, -0.25) is 0 Å². The van der Waals surface area contributed by atoms with Crippen molar-refractivity contribution in [3.63, 3.8) is 0 Å². The molecule has 0 unspecified atom stereocenters. The van der Waals surface area contributed by atoms with Crippen molar-refractivity contribution in [3.05, 3.63) is 29.6 Å². The number of terminal acetylenes is 1. The number of nitrogens with one attached hydrogen (secondary N) is 1. The first-order chi connectivity index (χ1) is 7.27. The molecule has 15 heavy (non-hydrogen) atoms. The molecule has 0 aliphatic carbocycles. The van der Waals surface area contributed by atoms with Crippen molar-refractivity contribution in [1.29, 1.82) is 0 Å². The highest BCUT2D eigenvalue weighted by Gasteiger charge is 2.04. The Hall–Kier alpha value is -1.53. The first-order valence-electron chi connectivity index (χ1n) is 4.83. The largest absolute Gasteiger partial charge is 0.481 e. The van der Waals surface area contributed by atoms with Gasteiger partial charge in [0, 0.05) is 12.1 Å². The molecule has 0 aliphatic heterocycles. The molecule has 0 radical (unpaired) electrons. The Bertz CT molecular complexity index is 357. The predicted molar refractivity (Wildman–Crippen MR) is 58.1 cm³/mol. The number of rotatable bonds is 5. The van der Waals surface area contributed by atoms with Crippen LogP contribution in [0.2, 0.25) is 0 Å². The van der Waals surface area contributed by atoms with Crippen molar-refractivity contribution in [2.45, 2.75) is 13.5 Å². The predicted octanol–water partition coefficient (Wildman–Crippen LogP) is 1.95. The van der Waals surface area contributed by atoms with Crippen LogP contribution in [0.3, 0.4) is 0 Å². The number of halogens is 1. The zero-order valence-electron chi connectivity index (χ0n) is 8.72. The third kappa shape index (κ3) is 3.61. The maximum Gasteiger partial charge on any atom is 0.148 e. The molecule has 1 aromatic rings.